The molecule has 0 saturated carbocycles. The van der Waals surface area contributed by atoms with E-state index < -0.39 is 10.2 Å². The summed E-state index contributed by atoms with van der Waals surface area (Å²) in [6.45, 7) is 2.33. The average Bonchev–Trinajstić information content (AvgIpc) is 3.05. The number of hydrogen-bond acceptors (Lipinski definition) is 5. The van der Waals surface area contributed by atoms with Crippen molar-refractivity contribution in [2.24, 2.45) is 0 Å². The molecule has 9 heteroatoms. The van der Waals surface area contributed by atoms with Crippen LogP contribution in [-0.2, 0) is 14.9 Å². The Bertz CT molecular complexity index is 778. The van der Waals surface area contributed by atoms with E-state index in [-0.39, 0.29) is 5.82 Å². The van der Waals surface area contributed by atoms with E-state index in [1.807, 2.05) is 6.92 Å². The van der Waals surface area contributed by atoms with Crippen LogP contribution in [0, 0.1) is 0 Å². The Morgan fingerprint density at radius 3 is 2.73 bits per heavy atom. The van der Waals surface area contributed by atoms with Crippen molar-refractivity contribution >= 4 is 39.2 Å². The molecule has 0 saturated heterocycles. The molecule has 120 valence electrons. The number of imidazole rings is 1. The standard InChI is InChI=1S/C13H16ClN3O3S2/c1-4-20-8-7-13-15-9-10(11-5-6-12(14)21-11)17(13)22(18,19)16(2)3/h5-9H,4H2,1-3H3. The summed E-state index contributed by atoms with van der Waals surface area (Å²) < 4.78 is 33.2. The van der Waals surface area contributed by atoms with E-state index in [1.165, 1.54) is 47.9 Å². The van der Waals surface area contributed by atoms with Crippen LogP contribution in [0.3, 0.4) is 0 Å². The Labute approximate surface area is 138 Å². The summed E-state index contributed by atoms with van der Waals surface area (Å²) in [5.41, 5.74) is 0.460. The van der Waals surface area contributed by atoms with Gasteiger partial charge in [-0.05, 0) is 19.1 Å². The SMILES string of the molecule is CCOC=Cc1ncc(-c2ccc(Cl)s2)n1S(=O)(=O)N(C)C. The smallest absolute Gasteiger partial charge is 0.309 e. The highest BCUT2D eigenvalue weighted by molar-refractivity contribution is 7.87. The van der Waals surface area contributed by atoms with Crippen molar-refractivity contribution in [3.8, 4) is 10.6 Å². The molecule has 6 nitrogen and oxygen atoms in total. The zero-order chi connectivity index (χ0) is 16.3. The molecule has 0 N–H and O–H groups in total. The molecule has 0 aliphatic rings. The fourth-order valence-electron chi connectivity index (χ4n) is 1.69. The molecule has 0 bridgehead atoms. The summed E-state index contributed by atoms with van der Waals surface area (Å²) in [7, 11) is -0.789. The van der Waals surface area contributed by atoms with E-state index in [0.29, 0.717) is 16.6 Å². The number of thiophene rings is 1. The number of aromatic nitrogens is 2. The molecule has 0 radical (unpaired) electrons. The first-order chi connectivity index (χ1) is 10.4. The molecule has 2 aromatic rings. The third-order valence-corrected chi connectivity index (χ3v) is 5.77. The minimum absolute atomic E-state index is 0.265. The number of hydrogen-bond donors (Lipinski definition) is 0. The van der Waals surface area contributed by atoms with Crippen LogP contribution in [0.1, 0.15) is 12.7 Å². The summed E-state index contributed by atoms with van der Waals surface area (Å²) >= 11 is 7.23. The van der Waals surface area contributed by atoms with Gasteiger partial charge in [-0.2, -0.15) is 12.7 Å². The lowest BCUT2D eigenvalue weighted by atomic mass is 10.4. The number of halogens is 1. The maximum absolute atomic E-state index is 12.6. The quantitative estimate of drug-likeness (QED) is 0.742. The van der Waals surface area contributed by atoms with E-state index in [4.69, 9.17) is 16.3 Å². The Morgan fingerprint density at radius 2 is 2.18 bits per heavy atom. The van der Waals surface area contributed by atoms with Crippen molar-refractivity contribution in [3.05, 3.63) is 34.8 Å². The van der Waals surface area contributed by atoms with E-state index in [2.05, 4.69) is 4.98 Å². The third-order valence-electron chi connectivity index (χ3n) is 2.74. The molecule has 0 amide bonds. The summed E-state index contributed by atoms with van der Waals surface area (Å²) in [5.74, 6) is 0.265. The van der Waals surface area contributed by atoms with Crippen molar-refractivity contribution in [2.75, 3.05) is 20.7 Å². The maximum atomic E-state index is 12.6. The van der Waals surface area contributed by atoms with Crippen molar-refractivity contribution in [2.45, 2.75) is 6.92 Å². The molecule has 0 fully saturated rings. The Morgan fingerprint density at radius 1 is 1.45 bits per heavy atom. The molecule has 0 aliphatic heterocycles. The van der Waals surface area contributed by atoms with Crippen LogP contribution in [0.25, 0.3) is 16.6 Å². The van der Waals surface area contributed by atoms with Gasteiger partial charge in [-0.25, -0.2) is 8.96 Å². The largest absolute Gasteiger partial charge is 0.501 e. The molecule has 0 spiro atoms. The van der Waals surface area contributed by atoms with Gasteiger partial charge in [0.05, 0.1) is 34.0 Å². The molecule has 22 heavy (non-hydrogen) atoms. The Balaban J connectivity index is 2.61. The average molecular weight is 362 g/mol. The van der Waals surface area contributed by atoms with Crippen LogP contribution in [0.15, 0.2) is 24.6 Å². The van der Waals surface area contributed by atoms with Crippen LogP contribution < -0.4 is 0 Å². The van der Waals surface area contributed by atoms with Gasteiger partial charge < -0.3 is 4.74 Å². The second-order valence-corrected chi connectivity index (χ2v) is 8.12. The van der Waals surface area contributed by atoms with Gasteiger partial charge in [-0.3, -0.25) is 0 Å². The first-order valence-electron chi connectivity index (χ1n) is 6.42. The lowest BCUT2D eigenvalue weighted by Crippen LogP contribution is -2.30. The highest BCUT2D eigenvalue weighted by Gasteiger charge is 2.25. The predicted molar refractivity (Wildman–Crippen MR) is 89.2 cm³/mol. The molecule has 2 aromatic heterocycles. The lowest BCUT2D eigenvalue weighted by molar-refractivity contribution is 0.272. The van der Waals surface area contributed by atoms with Crippen LogP contribution in [0.4, 0.5) is 0 Å². The van der Waals surface area contributed by atoms with Gasteiger partial charge in [-0.15, -0.1) is 11.3 Å². The molecule has 2 heterocycles. The van der Waals surface area contributed by atoms with Gasteiger partial charge in [0.2, 0.25) is 0 Å². The minimum atomic E-state index is -3.73. The van der Waals surface area contributed by atoms with Gasteiger partial charge >= 0.3 is 10.2 Å². The zero-order valence-electron chi connectivity index (χ0n) is 12.4. The maximum Gasteiger partial charge on any atom is 0.309 e. The second-order valence-electron chi connectivity index (χ2n) is 4.42. The van der Waals surface area contributed by atoms with Crippen LogP contribution in [-0.4, -0.2) is 42.4 Å². The van der Waals surface area contributed by atoms with Gasteiger partial charge in [0.1, 0.15) is 0 Å². The molecule has 0 unspecified atom stereocenters. The molecule has 0 aromatic carbocycles. The predicted octanol–water partition coefficient (Wildman–Crippen LogP) is 2.93. The summed E-state index contributed by atoms with van der Waals surface area (Å²) in [4.78, 5) is 4.90. The highest BCUT2D eigenvalue weighted by Crippen LogP contribution is 2.32. The van der Waals surface area contributed by atoms with Gasteiger partial charge in [-0.1, -0.05) is 11.6 Å². The number of rotatable bonds is 6. The zero-order valence-corrected chi connectivity index (χ0v) is 14.7. The summed E-state index contributed by atoms with van der Waals surface area (Å²) in [6.07, 6.45) is 4.45. The highest BCUT2D eigenvalue weighted by atomic mass is 35.5. The Hall–Kier alpha value is -1.35. The molecular formula is C13H16ClN3O3S2. The van der Waals surface area contributed by atoms with E-state index in [1.54, 1.807) is 12.1 Å². The van der Waals surface area contributed by atoms with Gasteiger partial charge in [0.15, 0.2) is 5.82 Å². The molecular weight excluding hydrogens is 346 g/mol. The van der Waals surface area contributed by atoms with Gasteiger partial charge in [0.25, 0.3) is 0 Å². The first kappa shape index (κ1) is 17.0. The normalized spacial score (nSPS) is 12.4. The summed E-state index contributed by atoms with van der Waals surface area (Å²) in [5, 5.41) is 0. The molecule has 2 rings (SSSR count). The van der Waals surface area contributed by atoms with Crippen molar-refractivity contribution in [3.63, 3.8) is 0 Å². The molecule has 0 atom stereocenters. The minimum Gasteiger partial charge on any atom is -0.501 e. The fourth-order valence-corrected chi connectivity index (χ4v) is 3.86. The van der Waals surface area contributed by atoms with Crippen LogP contribution in [0.2, 0.25) is 4.34 Å². The number of nitrogens with zero attached hydrogens (tertiary/aromatic N) is 3. The van der Waals surface area contributed by atoms with E-state index in [9.17, 15) is 8.42 Å². The van der Waals surface area contributed by atoms with Gasteiger partial charge in [0, 0.05) is 20.2 Å². The van der Waals surface area contributed by atoms with E-state index >= 15 is 0 Å². The van der Waals surface area contributed by atoms with E-state index in [0.717, 1.165) is 9.18 Å². The fraction of sp³-hybridized carbons (Fsp3) is 0.308. The summed E-state index contributed by atoms with van der Waals surface area (Å²) in [6, 6.07) is 3.48. The van der Waals surface area contributed by atoms with Crippen molar-refractivity contribution < 1.29 is 13.2 Å². The third kappa shape index (κ3) is 3.35. The number of ether oxygens (including phenoxy) is 1. The monoisotopic (exact) mass is 361 g/mol. The lowest BCUT2D eigenvalue weighted by Gasteiger charge is -2.15. The van der Waals surface area contributed by atoms with Crippen LogP contribution >= 0.6 is 22.9 Å². The first-order valence-corrected chi connectivity index (χ1v) is 9.01. The van der Waals surface area contributed by atoms with Crippen molar-refractivity contribution in [1.29, 1.82) is 0 Å². The van der Waals surface area contributed by atoms with Crippen molar-refractivity contribution in [1.82, 2.24) is 13.3 Å². The topological polar surface area (TPSA) is 64.4 Å². The Kier molecular flexibility index (Phi) is 5.28. The second kappa shape index (κ2) is 6.82. The van der Waals surface area contributed by atoms with Crippen LogP contribution in [0.5, 0.6) is 0 Å². The molecule has 0 aliphatic carbocycles.